The molecule has 1 aliphatic carbocycles. The van der Waals surface area contributed by atoms with Crippen LogP contribution in [-0.2, 0) is 14.4 Å². The molecule has 0 aliphatic heterocycles. The number of hydrogen-bond acceptors (Lipinski definition) is 3. The first kappa shape index (κ1) is 13.0. The predicted molar refractivity (Wildman–Crippen MR) is 57.5 cm³/mol. The van der Waals surface area contributed by atoms with Crippen LogP contribution in [0.3, 0.4) is 0 Å². The monoisotopic (exact) mass is 229 g/mol. The van der Waals surface area contributed by atoms with Crippen LogP contribution in [0.2, 0.25) is 0 Å². The van der Waals surface area contributed by atoms with Crippen LogP contribution >= 0.6 is 0 Å². The summed E-state index contributed by atoms with van der Waals surface area (Å²) in [6.45, 7) is 0. The van der Waals surface area contributed by atoms with Gasteiger partial charge in [0.15, 0.2) is 0 Å². The minimum absolute atomic E-state index is 0.0101. The third-order valence-electron chi connectivity index (χ3n) is 3.23. The lowest BCUT2D eigenvalue weighted by Gasteiger charge is -2.26. The number of amides is 1. The molecule has 0 bridgehead atoms. The van der Waals surface area contributed by atoms with E-state index in [1.54, 1.807) is 0 Å². The smallest absolute Gasteiger partial charge is 0.310 e. The highest BCUT2D eigenvalue weighted by molar-refractivity contribution is 5.84. The second kappa shape index (κ2) is 5.84. The molecule has 0 spiro atoms. The molecule has 1 fully saturated rings. The minimum Gasteiger partial charge on any atom is -0.481 e. The van der Waals surface area contributed by atoms with Gasteiger partial charge in [0.25, 0.3) is 0 Å². The summed E-state index contributed by atoms with van der Waals surface area (Å²) in [5, 5.41) is 9.31. The molecule has 0 aromatic carbocycles. The standard InChI is InChI=1S/C11H19NO4/c1-16-12-9(13)8-11(10(14)15)6-4-2-3-5-7-11/h2-8H2,1H3,(H,12,13)(H,14,15). The molecule has 1 amide bonds. The second-order valence-electron chi connectivity index (χ2n) is 4.41. The summed E-state index contributed by atoms with van der Waals surface area (Å²) in [5.41, 5.74) is 1.30. The van der Waals surface area contributed by atoms with Gasteiger partial charge in [0.05, 0.1) is 12.5 Å². The van der Waals surface area contributed by atoms with Crippen molar-refractivity contribution in [1.82, 2.24) is 5.48 Å². The van der Waals surface area contributed by atoms with Gasteiger partial charge in [-0.1, -0.05) is 25.7 Å². The second-order valence-corrected chi connectivity index (χ2v) is 4.41. The number of carboxylic acids is 1. The number of carboxylic acid groups (broad SMARTS) is 1. The zero-order chi connectivity index (χ0) is 12.0. The number of aliphatic carboxylic acids is 1. The largest absolute Gasteiger partial charge is 0.481 e. The number of nitrogens with one attached hydrogen (secondary N) is 1. The average Bonchev–Trinajstić information content (AvgIpc) is 2.44. The van der Waals surface area contributed by atoms with Gasteiger partial charge in [0.2, 0.25) is 5.91 Å². The van der Waals surface area contributed by atoms with E-state index in [1.165, 1.54) is 7.11 Å². The van der Waals surface area contributed by atoms with E-state index in [2.05, 4.69) is 10.3 Å². The number of carbonyl (C=O) groups excluding carboxylic acids is 1. The number of carbonyl (C=O) groups is 2. The maximum atomic E-state index is 11.4. The van der Waals surface area contributed by atoms with Crippen molar-refractivity contribution < 1.29 is 19.5 Å². The lowest BCUT2D eigenvalue weighted by atomic mass is 9.77. The molecule has 0 atom stereocenters. The van der Waals surface area contributed by atoms with Crippen molar-refractivity contribution in [3.63, 3.8) is 0 Å². The Balaban J connectivity index is 2.70. The summed E-state index contributed by atoms with van der Waals surface area (Å²) < 4.78 is 0. The zero-order valence-electron chi connectivity index (χ0n) is 9.62. The highest BCUT2D eigenvalue weighted by Gasteiger charge is 2.40. The van der Waals surface area contributed by atoms with Gasteiger partial charge < -0.3 is 5.11 Å². The Bertz CT molecular complexity index is 257. The van der Waals surface area contributed by atoms with Crippen LogP contribution in [0.4, 0.5) is 0 Å². The predicted octanol–water partition coefficient (Wildman–Crippen LogP) is 1.48. The van der Waals surface area contributed by atoms with E-state index < -0.39 is 11.4 Å². The van der Waals surface area contributed by atoms with E-state index in [0.29, 0.717) is 12.8 Å². The first-order chi connectivity index (χ1) is 7.60. The molecule has 16 heavy (non-hydrogen) atoms. The summed E-state index contributed by atoms with van der Waals surface area (Å²) in [4.78, 5) is 27.3. The van der Waals surface area contributed by atoms with Crippen molar-refractivity contribution in [2.45, 2.75) is 44.9 Å². The number of hydroxylamine groups is 1. The quantitative estimate of drug-likeness (QED) is 0.565. The van der Waals surface area contributed by atoms with E-state index in [1.807, 2.05) is 0 Å². The molecule has 1 rings (SSSR count). The van der Waals surface area contributed by atoms with Crippen LogP contribution in [0.1, 0.15) is 44.9 Å². The molecular formula is C11H19NO4. The van der Waals surface area contributed by atoms with Gasteiger partial charge in [-0.05, 0) is 12.8 Å². The van der Waals surface area contributed by atoms with Crippen LogP contribution in [-0.4, -0.2) is 24.1 Å². The summed E-state index contributed by atoms with van der Waals surface area (Å²) >= 11 is 0. The molecule has 0 heterocycles. The van der Waals surface area contributed by atoms with Crippen LogP contribution in [0.15, 0.2) is 0 Å². The van der Waals surface area contributed by atoms with Gasteiger partial charge in [-0.25, -0.2) is 5.48 Å². The molecular weight excluding hydrogens is 210 g/mol. The molecule has 0 aromatic heterocycles. The van der Waals surface area contributed by atoms with Crippen molar-refractivity contribution >= 4 is 11.9 Å². The molecule has 0 saturated heterocycles. The molecule has 0 aromatic rings. The Hall–Kier alpha value is -1.10. The number of rotatable bonds is 4. The molecule has 92 valence electrons. The minimum atomic E-state index is -0.890. The zero-order valence-corrected chi connectivity index (χ0v) is 9.62. The van der Waals surface area contributed by atoms with E-state index >= 15 is 0 Å². The highest BCUT2D eigenvalue weighted by atomic mass is 16.6. The third-order valence-corrected chi connectivity index (χ3v) is 3.23. The van der Waals surface area contributed by atoms with Crippen LogP contribution in [0, 0.1) is 5.41 Å². The third kappa shape index (κ3) is 3.20. The summed E-state index contributed by atoms with van der Waals surface area (Å²) in [6, 6.07) is 0. The van der Waals surface area contributed by atoms with Crippen LogP contribution in [0.5, 0.6) is 0 Å². The first-order valence-electron chi connectivity index (χ1n) is 5.66. The lowest BCUT2D eigenvalue weighted by molar-refractivity contribution is -0.154. The number of hydrogen-bond donors (Lipinski definition) is 2. The normalized spacial score (nSPS) is 19.8. The fraction of sp³-hybridized carbons (Fsp3) is 0.818. The van der Waals surface area contributed by atoms with Gasteiger partial charge in [0, 0.05) is 6.42 Å². The van der Waals surface area contributed by atoms with Gasteiger partial charge in [-0.3, -0.25) is 14.4 Å². The van der Waals surface area contributed by atoms with Gasteiger partial charge >= 0.3 is 5.97 Å². The first-order valence-corrected chi connectivity index (χ1v) is 5.66. The lowest BCUT2D eigenvalue weighted by Crippen LogP contribution is -2.37. The Kier molecular flexibility index (Phi) is 4.73. The topological polar surface area (TPSA) is 75.6 Å². The molecule has 5 nitrogen and oxygen atoms in total. The summed E-state index contributed by atoms with van der Waals surface area (Å²) in [7, 11) is 1.35. The van der Waals surface area contributed by atoms with Crippen molar-refractivity contribution in [3.8, 4) is 0 Å². The van der Waals surface area contributed by atoms with Gasteiger partial charge in [-0.2, -0.15) is 0 Å². The van der Waals surface area contributed by atoms with Crippen LogP contribution < -0.4 is 5.48 Å². The Morgan fingerprint density at radius 3 is 2.25 bits per heavy atom. The molecule has 0 unspecified atom stereocenters. The van der Waals surface area contributed by atoms with E-state index in [0.717, 1.165) is 25.7 Å². The van der Waals surface area contributed by atoms with E-state index in [-0.39, 0.29) is 12.3 Å². The SMILES string of the molecule is CONC(=O)CC1(C(=O)O)CCCCCC1. The summed E-state index contributed by atoms with van der Waals surface area (Å²) in [5.74, 6) is -1.22. The maximum Gasteiger partial charge on any atom is 0.310 e. The van der Waals surface area contributed by atoms with Gasteiger partial charge in [0.1, 0.15) is 0 Å². The molecule has 0 radical (unpaired) electrons. The average molecular weight is 229 g/mol. The Labute approximate surface area is 95.1 Å². The fourth-order valence-electron chi connectivity index (χ4n) is 2.33. The highest BCUT2D eigenvalue weighted by Crippen LogP contribution is 2.38. The van der Waals surface area contributed by atoms with Crippen molar-refractivity contribution in [1.29, 1.82) is 0 Å². The Morgan fingerprint density at radius 1 is 1.25 bits per heavy atom. The van der Waals surface area contributed by atoms with Crippen molar-refractivity contribution in [2.75, 3.05) is 7.11 Å². The van der Waals surface area contributed by atoms with E-state index in [9.17, 15) is 14.7 Å². The van der Waals surface area contributed by atoms with Crippen LogP contribution in [0.25, 0.3) is 0 Å². The maximum absolute atomic E-state index is 11.4. The molecule has 5 heteroatoms. The molecule has 1 saturated carbocycles. The van der Waals surface area contributed by atoms with Crippen molar-refractivity contribution in [3.05, 3.63) is 0 Å². The fourth-order valence-corrected chi connectivity index (χ4v) is 2.33. The Morgan fingerprint density at radius 2 is 1.81 bits per heavy atom. The molecule has 1 aliphatic rings. The summed E-state index contributed by atoms with van der Waals surface area (Å²) in [6.07, 6.45) is 5.05. The molecule has 2 N–H and O–H groups in total. The van der Waals surface area contributed by atoms with E-state index in [4.69, 9.17) is 0 Å². The van der Waals surface area contributed by atoms with Gasteiger partial charge in [-0.15, -0.1) is 0 Å². The van der Waals surface area contributed by atoms with Crippen molar-refractivity contribution in [2.24, 2.45) is 5.41 Å².